The van der Waals surface area contributed by atoms with Gasteiger partial charge >= 0.3 is 17.8 Å². The SMILES string of the molecule is COc1sc2ccccc2c1C1=C(F)C(F)(F)C(F)(F)C1(F)F. The van der Waals surface area contributed by atoms with E-state index in [1.165, 1.54) is 24.3 Å². The van der Waals surface area contributed by atoms with E-state index in [0.717, 1.165) is 18.4 Å². The van der Waals surface area contributed by atoms with E-state index in [-0.39, 0.29) is 10.4 Å². The summed E-state index contributed by atoms with van der Waals surface area (Å²) in [4.78, 5) is 0. The third-order valence-electron chi connectivity index (χ3n) is 3.60. The zero-order chi connectivity index (χ0) is 17.2. The third-order valence-corrected chi connectivity index (χ3v) is 4.73. The fraction of sp³-hybridized carbons (Fsp3) is 0.286. The minimum absolute atomic E-state index is 0.0623. The van der Waals surface area contributed by atoms with Crippen LogP contribution in [0.3, 0.4) is 0 Å². The summed E-state index contributed by atoms with van der Waals surface area (Å²) in [5, 5.41) is -0.405. The molecule has 0 amide bonds. The first-order chi connectivity index (χ1) is 10.6. The summed E-state index contributed by atoms with van der Waals surface area (Å²) < 4.78 is 101. The van der Waals surface area contributed by atoms with Crippen LogP contribution in [0.15, 0.2) is 30.1 Å². The minimum atomic E-state index is -5.87. The predicted molar refractivity (Wildman–Crippen MR) is 71.2 cm³/mol. The lowest BCUT2D eigenvalue weighted by Crippen LogP contribution is -2.48. The topological polar surface area (TPSA) is 9.23 Å². The smallest absolute Gasteiger partial charge is 0.383 e. The molecule has 2 aromatic rings. The van der Waals surface area contributed by atoms with Gasteiger partial charge < -0.3 is 4.74 Å². The molecule has 0 aliphatic heterocycles. The molecule has 0 bridgehead atoms. The lowest BCUT2D eigenvalue weighted by molar-refractivity contribution is -0.263. The Kier molecular flexibility index (Phi) is 3.24. The van der Waals surface area contributed by atoms with Gasteiger partial charge in [0.25, 0.3) is 0 Å². The van der Waals surface area contributed by atoms with Gasteiger partial charge in [0, 0.05) is 15.6 Å². The molecular formula is C14H7F7OS. The summed E-state index contributed by atoms with van der Waals surface area (Å²) in [6.45, 7) is 0. The molecule has 0 radical (unpaired) electrons. The first-order valence-corrected chi connectivity index (χ1v) is 6.99. The molecule has 0 atom stereocenters. The number of benzene rings is 1. The van der Waals surface area contributed by atoms with Gasteiger partial charge in [0.05, 0.1) is 12.7 Å². The number of rotatable bonds is 2. The molecule has 124 valence electrons. The van der Waals surface area contributed by atoms with Crippen molar-refractivity contribution < 1.29 is 35.5 Å². The molecule has 1 aliphatic carbocycles. The number of fused-ring (bicyclic) bond motifs is 1. The number of thiophene rings is 1. The Morgan fingerprint density at radius 3 is 2.09 bits per heavy atom. The standard InChI is InChI=1S/C14H7F7OS/c1-22-11-8(6-4-2-3-5-7(6)23-11)9-10(15)13(18,19)14(20,21)12(9,16)17/h2-5H,1H3. The molecule has 1 aliphatic rings. The van der Waals surface area contributed by atoms with Crippen LogP contribution in [0.4, 0.5) is 30.7 Å². The van der Waals surface area contributed by atoms with E-state index in [4.69, 9.17) is 4.74 Å². The lowest BCUT2D eigenvalue weighted by atomic mass is 10.00. The Labute approximate surface area is 129 Å². The molecule has 0 spiro atoms. The van der Waals surface area contributed by atoms with Gasteiger partial charge in [-0.05, 0) is 6.07 Å². The molecule has 0 saturated heterocycles. The summed E-state index contributed by atoms with van der Waals surface area (Å²) in [5.74, 6) is -19.7. The molecule has 0 N–H and O–H groups in total. The highest BCUT2D eigenvalue weighted by atomic mass is 32.1. The fourth-order valence-corrected chi connectivity index (χ4v) is 3.48. The van der Waals surface area contributed by atoms with E-state index in [1.54, 1.807) is 0 Å². The lowest BCUT2D eigenvalue weighted by Gasteiger charge is -2.24. The quantitative estimate of drug-likeness (QED) is 0.645. The van der Waals surface area contributed by atoms with Crippen molar-refractivity contribution in [2.45, 2.75) is 17.8 Å². The largest absolute Gasteiger partial charge is 0.487 e. The van der Waals surface area contributed by atoms with E-state index < -0.39 is 34.7 Å². The first-order valence-electron chi connectivity index (χ1n) is 6.17. The Morgan fingerprint density at radius 2 is 1.57 bits per heavy atom. The van der Waals surface area contributed by atoms with Crippen molar-refractivity contribution in [2.75, 3.05) is 7.11 Å². The van der Waals surface area contributed by atoms with Crippen molar-refractivity contribution in [3.05, 3.63) is 35.7 Å². The second kappa shape index (κ2) is 4.62. The van der Waals surface area contributed by atoms with Gasteiger partial charge in [-0.3, -0.25) is 0 Å². The average Bonchev–Trinajstić information content (AvgIpc) is 2.88. The molecule has 1 heterocycles. The fourth-order valence-electron chi connectivity index (χ4n) is 2.46. The van der Waals surface area contributed by atoms with Crippen molar-refractivity contribution in [1.29, 1.82) is 0 Å². The van der Waals surface area contributed by atoms with Gasteiger partial charge in [-0.2, -0.15) is 26.3 Å². The van der Waals surface area contributed by atoms with Crippen LogP contribution in [0, 0.1) is 0 Å². The van der Waals surface area contributed by atoms with Crippen LogP contribution in [-0.4, -0.2) is 24.9 Å². The van der Waals surface area contributed by atoms with E-state index >= 15 is 0 Å². The molecule has 1 nitrogen and oxygen atoms in total. The van der Waals surface area contributed by atoms with Crippen LogP contribution in [0.5, 0.6) is 5.06 Å². The molecule has 1 aromatic carbocycles. The van der Waals surface area contributed by atoms with Gasteiger partial charge in [0.2, 0.25) is 0 Å². The van der Waals surface area contributed by atoms with Crippen molar-refractivity contribution in [2.24, 2.45) is 0 Å². The van der Waals surface area contributed by atoms with Crippen LogP contribution >= 0.6 is 11.3 Å². The van der Waals surface area contributed by atoms with Crippen molar-refractivity contribution in [3.63, 3.8) is 0 Å². The van der Waals surface area contributed by atoms with Crippen LogP contribution in [0.1, 0.15) is 5.56 Å². The van der Waals surface area contributed by atoms with Crippen LogP contribution in [0.2, 0.25) is 0 Å². The molecule has 0 unspecified atom stereocenters. The highest BCUT2D eigenvalue weighted by molar-refractivity contribution is 7.21. The third kappa shape index (κ3) is 1.79. The number of hydrogen-bond acceptors (Lipinski definition) is 2. The number of ether oxygens (including phenoxy) is 1. The van der Waals surface area contributed by atoms with Gasteiger partial charge in [0.1, 0.15) is 0 Å². The Morgan fingerprint density at radius 1 is 0.957 bits per heavy atom. The highest BCUT2D eigenvalue weighted by Gasteiger charge is 2.81. The maximum absolute atomic E-state index is 14.0. The Bertz CT molecular complexity index is 822. The predicted octanol–water partition coefficient (Wildman–Crippen LogP) is 5.51. The van der Waals surface area contributed by atoms with E-state index in [0.29, 0.717) is 4.70 Å². The minimum Gasteiger partial charge on any atom is -0.487 e. The van der Waals surface area contributed by atoms with Gasteiger partial charge in [0.15, 0.2) is 10.9 Å². The van der Waals surface area contributed by atoms with Crippen LogP contribution in [-0.2, 0) is 0 Å². The Hall–Kier alpha value is -1.77. The number of methoxy groups -OCH3 is 1. The first kappa shape index (κ1) is 16.1. The number of hydrogen-bond donors (Lipinski definition) is 0. The van der Waals surface area contributed by atoms with Crippen molar-refractivity contribution in [3.8, 4) is 5.06 Å². The maximum atomic E-state index is 14.0. The molecule has 3 rings (SSSR count). The second-order valence-electron chi connectivity index (χ2n) is 4.88. The monoisotopic (exact) mass is 356 g/mol. The molecule has 0 fully saturated rings. The molecule has 0 saturated carbocycles. The van der Waals surface area contributed by atoms with Gasteiger partial charge in [-0.25, -0.2) is 4.39 Å². The summed E-state index contributed by atoms with van der Waals surface area (Å²) in [7, 11) is 1.05. The summed E-state index contributed by atoms with van der Waals surface area (Å²) in [5.41, 5.74) is -2.80. The van der Waals surface area contributed by atoms with Crippen LogP contribution in [0.25, 0.3) is 15.7 Å². The summed E-state index contributed by atoms with van der Waals surface area (Å²) in [6, 6.07) is 5.62. The highest BCUT2D eigenvalue weighted by Crippen LogP contribution is 2.64. The van der Waals surface area contributed by atoms with Crippen molar-refractivity contribution in [1.82, 2.24) is 0 Å². The number of allylic oxidation sites excluding steroid dienone is 2. The molecular weight excluding hydrogens is 349 g/mol. The number of alkyl halides is 6. The maximum Gasteiger partial charge on any atom is 0.383 e. The molecule has 1 aromatic heterocycles. The zero-order valence-corrected chi connectivity index (χ0v) is 12.1. The van der Waals surface area contributed by atoms with Gasteiger partial charge in [-0.15, -0.1) is 0 Å². The zero-order valence-electron chi connectivity index (χ0n) is 11.3. The Balaban J connectivity index is 2.41. The summed E-state index contributed by atoms with van der Waals surface area (Å²) >= 11 is 0.768. The second-order valence-corrected chi connectivity index (χ2v) is 5.89. The number of halogens is 7. The average molecular weight is 356 g/mol. The van der Waals surface area contributed by atoms with Crippen LogP contribution < -0.4 is 4.74 Å². The van der Waals surface area contributed by atoms with Gasteiger partial charge in [-0.1, -0.05) is 29.5 Å². The molecule has 23 heavy (non-hydrogen) atoms. The van der Waals surface area contributed by atoms with E-state index in [1.807, 2.05) is 0 Å². The van der Waals surface area contributed by atoms with E-state index in [2.05, 4.69) is 0 Å². The van der Waals surface area contributed by atoms with Crippen molar-refractivity contribution >= 4 is 27.0 Å². The molecule has 9 heteroatoms. The normalized spacial score (nSPS) is 21.9. The summed E-state index contributed by atoms with van der Waals surface area (Å²) in [6.07, 6.45) is 0. The van der Waals surface area contributed by atoms with E-state index in [9.17, 15) is 30.7 Å².